The van der Waals surface area contributed by atoms with E-state index < -0.39 is 16.2 Å². The number of anilines is 2. The van der Waals surface area contributed by atoms with Crippen molar-refractivity contribution in [3.8, 4) is 5.69 Å². The van der Waals surface area contributed by atoms with Crippen LogP contribution in [0.15, 0.2) is 59.0 Å². The number of halogens is 1. The fourth-order valence-electron chi connectivity index (χ4n) is 5.46. The van der Waals surface area contributed by atoms with E-state index >= 15 is 0 Å². The van der Waals surface area contributed by atoms with E-state index in [-0.39, 0.29) is 10.9 Å². The summed E-state index contributed by atoms with van der Waals surface area (Å²) in [4.78, 5) is 19.6. The number of carbonyl (C=O) groups excluding carboxylic acids is 1. The molecule has 1 N–H and O–H groups in total. The zero-order valence-electron chi connectivity index (χ0n) is 22.5. The molecule has 2 aromatic carbocycles. The van der Waals surface area contributed by atoms with Gasteiger partial charge < -0.3 is 15.1 Å². The van der Waals surface area contributed by atoms with Crippen LogP contribution < -0.4 is 10.2 Å². The summed E-state index contributed by atoms with van der Waals surface area (Å²) in [6, 6.07) is 12.7. The molecule has 0 spiro atoms. The average molecular weight is 582 g/mol. The Morgan fingerprint density at radius 3 is 2.48 bits per heavy atom. The van der Waals surface area contributed by atoms with Crippen LogP contribution in [0.4, 0.5) is 15.9 Å². The highest BCUT2D eigenvalue weighted by Gasteiger charge is 2.29. The fourth-order valence-corrected chi connectivity index (χ4v) is 6.69. The Labute approximate surface area is 238 Å². The first kappa shape index (κ1) is 27.1. The van der Waals surface area contributed by atoms with Gasteiger partial charge in [0.25, 0.3) is 0 Å². The molecule has 40 heavy (non-hydrogen) atoms. The van der Waals surface area contributed by atoms with Crippen molar-refractivity contribution >= 4 is 43.1 Å². The van der Waals surface area contributed by atoms with Gasteiger partial charge in [-0.3, -0.25) is 9.69 Å². The monoisotopic (exact) mass is 581 g/mol. The fraction of sp³-hybridized carbons (Fsp3) is 0.393. The van der Waals surface area contributed by atoms with Crippen LogP contribution in [0.3, 0.4) is 0 Å². The van der Waals surface area contributed by atoms with Gasteiger partial charge in [-0.2, -0.15) is 4.68 Å². The Morgan fingerprint density at radius 1 is 1.10 bits per heavy atom. The third-order valence-electron chi connectivity index (χ3n) is 7.81. The lowest BCUT2D eigenvalue weighted by molar-refractivity contribution is -0.131. The summed E-state index contributed by atoms with van der Waals surface area (Å²) in [5.74, 6) is 0.738. The molecule has 6 rings (SSSR count). The van der Waals surface area contributed by atoms with Crippen LogP contribution in [-0.4, -0.2) is 80.7 Å². The summed E-state index contributed by atoms with van der Waals surface area (Å²) in [6.07, 6.45) is 2.21. The van der Waals surface area contributed by atoms with Crippen molar-refractivity contribution in [2.24, 2.45) is 0 Å². The molecule has 3 aromatic rings. The van der Waals surface area contributed by atoms with Crippen molar-refractivity contribution in [2.45, 2.75) is 35.1 Å². The van der Waals surface area contributed by atoms with Gasteiger partial charge in [0.1, 0.15) is 16.2 Å². The lowest BCUT2D eigenvalue weighted by atomic mass is 10.1. The standard InChI is InChI=1S/C28H33FN7O2PS/c1-19-23-10-7-21(34-15-13-33(14-16-34)18-25(37)35-11-3-4-12-35)17-24(23)36-26(30-19)27(31-32-36)40(38)22-8-5-20(6-9-22)28(2,29)39/h5-10,17,30H,1,3-4,11-16,18,39H2,2H3. The molecule has 4 heterocycles. The van der Waals surface area contributed by atoms with Crippen molar-refractivity contribution in [1.29, 1.82) is 0 Å². The zero-order chi connectivity index (χ0) is 28.0. The molecule has 1 amide bonds. The second-order valence-electron chi connectivity index (χ2n) is 10.7. The van der Waals surface area contributed by atoms with Gasteiger partial charge in [-0.25, -0.2) is 8.60 Å². The number of hydrogen-bond donors (Lipinski definition) is 1. The minimum atomic E-state index is -1.63. The first-order valence-corrected chi connectivity index (χ1v) is 15.2. The quantitative estimate of drug-likeness (QED) is 0.446. The predicted molar refractivity (Wildman–Crippen MR) is 158 cm³/mol. The Bertz CT molecular complexity index is 1470. The van der Waals surface area contributed by atoms with E-state index in [0.29, 0.717) is 28.5 Å². The van der Waals surface area contributed by atoms with Gasteiger partial charge in [0.2, 0.25) is 5.91 Å². The Hall–Kier alpha value is -3.14. The molecule has 12 heteroatoms. The van der Waals surface area contributed by atoms with Crippen molar-refractivity contribution in [2.75, 3.05) is 56.0 Å². The molecule has 3 unspecified atom stereocenters. The van der Waals surface area contributed by atoms with E-state index in [1.165, 1.54) is 6.92 Å². The van der Waals surface area contributed by atoms with Gasteiger partial charge in [-0.1, -0.05) is 33.2 Å². The number of piperazine rings is 1. The van der Waals surface area contributed by atoms with E-state index in [1.807, 2.05) is 11.0 Å². The molecule has 2 fully saturated rings. The summed E-state index contributed by atoms with van der Waals surface area (Å²) < 4.78 is 29.4. The molecule has 210 valence electrons. The molecule has 2 saturated heterocycles. The van der Waals surface area contributed by atoms with Gasteiger partial charge in [0.05, 0.1) is 12.2 Å². The first-order valence-electron chi connectivity index (χ1n) is 13.5. The van der Waals surface area contributed by atoms with Crippen molar-refractivity contribution in [1.82, 2.24) is 24.8 Å². The van der Waals surface area contributed by atoms with Crippen LogP contribution >= 0.6 is 9.24 Å². The molecule has 0 bridgehead atoms. The molecule has 0 saturated carbocycles. The molecule has 1 aromatic heterocycles. The Balaban J connectivity index is 1.19. The highest BCUT2D eigenvalue weighted by atomic mass is 32.2. The van der Waals surface area contributed by atoms with Crippen molar-refractivity contribution in [3.63, 3.8) is 0 Å². The number of fused-ring (bicyclic) bond motifs is 3. The van der Waals surface area contributed by atoms with Crippen molar-refractivity contribution < 1.29 is 13.4 Å². The zero-order valence-corrected chi connectivity index (χ0v) is 24.4. The van der Waals surface area contributed by atoms with E-state index in [9.17, 15) is 13.4 Å². The van der Waals surface area contributed by atoms with Crippen LogP contribution in [-0.2, 0) is 21.0 Å². The number of alkyl halides is 1. The molecular weight excluding hydrogens is 548 g/mol. The van der Waals surface area contributed by atoms with E-state index in [2.05, 4.69) is 53.4 Å². The molecule has 0 aliphatic carbocycles. The largest absolute Gasteiger partial charge is 0.369 e. The number of carbonyl (C=O) groups is 1. The normalized spacial score (nSPS) is 19.5. The van der Waals surface area contributed by atoms with Gasteiger partial charge in [-0.05, 0) is 55.7 Å². The lowest BCUT2D eigenvalue weighted by Crippen LogP contribution is -2.49. The highest BCUT2D eigenvalue weighted by molar-refractivity contribution is 7.85. The summed E-state index contributed by atoms with van der Waals surface area (Å²) >= 11 is 0. The van der Waals surface area contributed by atoms with Gasteiger partial charge in [0, 0.05) is 61.1 Å². The number of aromatic nitrogens is 3. The van der Waals surface area contributed by atoms with Crippen LogP contribution in [0.5, 0.6) is 0 Å². The van der Waals surface area contributed by atoms with Crippen LogP contribution in [0.1, 0.15) is 30.9 Å². The minimum Gasteiger partial charge on any atom is -0.369 e. The molecule has 3 aliphatic rings. The number of amides is 1. The van der Waals surface area contributed by atoms with E-state index in [0.717, 1.165) is 69.0 Å². The lowest BCUT2D eigenvalue weighted by Gasteiger charge is -2.36. The van der Waals surface area contributed by atoms with Gasteiger partial charge >= 0.3 is 0 Å². The number of rotatable bonds is 6. The van der Waals surface area contributed by atoms with Crippen LogP contribution in [0.25, 0.3) is 11.4 Å². The topological polar surface area (TPSA) is 86.6 Å². The molecule has 3 atom stereocenters. The Kier molecular flexibility index (Phi) is 7.23. The summed E-state index contributed by atoms with van der Waals surface area (Å²) in [7, 11) is 0.540. The maximum Gasteiger partial charge on any atom is 0.236 e. The molecular formula is C28H33FN7O2PS. The van der Waals surface area contributed by atoms with E-state index in [4.69, 9.17) is 0 Å². The second-order valence-corrected chi connectivity index (χ2v) is 13.2. The number of nitrogens with zero attached hydrogens (tertiary/aromatic N) is 6. The Morgan fingerprint density at radius 2 is 1.80 bits per heavy atom. The highest BCUT2D eigenvalue weighted by Crippen LogP contribution is 2.37. The molecule has 3 aliphatic heterocycles. The smallest absolute Gasteiger partial charge is 0.236 e. The number of nitrogens with one attached hydrogen (secondary N) is 1. The number of likely N-dealkylation sites (tertiary alicyclic amines) is 1. The summed E-state index contributed by atoms with van der Waals surface area (Å²) in [6.45, 7) is 11.2. The molecule has 9 nitrogen and oxygen atoms in total. The summed E-state index contributed by atoms with van der Waals surface area (Å²) in [5.41, 5.74) is 3.90. The third kappa shape index (κ3) is 5.18. The second kappa shape index (κ2) is 10.7. The molecule has 0 radical (unpaired) electrons. The maximum absolute atomic E-state index is 14.3. The van der Waals surface area contributed by atoms with Crippen LogP contribution in [0.2, 0.25) is 0 Å². The van der Waals surface area contributed by atoms with Gasteiger partial charge in [0.15, 0.2) is 10.8 Å². The number of benzene rings is 2. The third-order valence-corrected chi connectivity index (χ3v) is 9.47. The minimum absolute atomic E-state index is 0.235. The average Bonchev–Trinajstić information content (AvgIpc) is 3.64. The van der Waals surface area contributed by atoms with E-state index in [1.54, 1.807) is 28.9 Å². The summed E-state index contributed by atoms with van der Waals surface area (Å²) in [5, 5.41) is 10.6. The first-order chi connectivity index (χ1) is 19.2. The van der Waals surface area contributed by atoms with Crippen molar-refractivity contribution in [3.05, 3.63) is 60.2 Å². The SMILES string of the molecule is C=C1Nc2c(S(=O)c3ccc(C(C)(F)P)cc3)nnn2-c2cc(N3CCN(CC(=O)N4CCCC4)CC3)ccc21. The van der Waals surface area contributed by atoms with Crippen LogP contribution in [0, 0.1) is 0 Å². The predicted octanol–water partition coefficient (Wildman–Crippen LogP) is 3.59. The maximum atomic E-state index is 14.3. The van der Waals surface area contributed by atoms with Gasteiger partial charge in [-0.15, -0.1) is 5.10 Å². The number of hydrogen-bond acceptors (Lipinski definition) is 7.